The molecule has 120 valence electrons. The van der Waals surface area contributed by atoms with Crippen molar-refractivity contribution in [2.45, 2.75) is 45.6 Å². The number of rotatable bonds is 4. The van der Waals surface area contributed by atoms with Gasteiger partial charge in [0.15, 0.2) is 0 Å². The molecule has 1 heterocycles. The van der Waals surface area contributed by atoms with Gasteiger partial charge in [-0.2, -0.15) is 0 Å². The standard InChI is InChI=1S/C18H26N2O2/c1-14-8-10-16(11-9-14)15(2)19(3)18(22)13-20-12-6-4-5-7-17(20)21/h8-11,15H,4-7,12-13H2,1-3H3. The summed E-state index contributed by atoms with van der Waals surface area (Å²) in [4.78, 5) is 27.9. The third-order valence-electron chi connectivity index (χ3n) is 4.53. The van der Waals surface area contributed by atoms with Crippen LogP contribution in [0, 0.1) is 6.92 Å². The van der Waals surface area contributed by atoms with Crippen LogP contribution in [0.3, 0.4) is 0 Å². The second-order valence-electron chi connectivity index (χ2n) is 6.22. The molecule has 1 aromatic rings. The number of amides is 2. The fourth-order valence-electron chi connectivity index (χ4n) is 2.77. The molecule has 0 bridgehead atoms. The SMILES string of the molecule is Cc1ccc(C(C)N(C)C(=O)CN2CCCCCC2=O)cc1. The van der Waals surface area contributed by atoms with Crippen LogP contribution < -0.4 is 0 Å². The van der Waals surface area contributed by atoms with E-state index in [0.717, 1.165) is 24.8 Å². The highest BCUT2D eigenvalue weighted by Gasteiger charge is 2.23. The van der Waals surface area contributed by atoms with Crippen LogP contribution in [0.1, 0.15) is 49.8 Å². The summed E-state index contributed by atoms with van der Waals surface area (Å²) in [6.07, 6.45) is 3.59. The monoisotopic (exact) mass is 302 g/mol. The summed E-state index contributed by atoms with van der Waals surface area (Å²) in [7, 11) is 1.81. The molecular weight excluding hydrogens is 276 g/mol. The van der Waals surface area contributed by atoms with Crippen molar-refractivity contribution in [1.29, 1.82) is 0 Å². The number of nitrogens with zero attached hydrogens (tertiary/aromatic N) is 2. The molecule has 4 nitrogen and oxygen atoms in total. The van der Waals surface area contributed by atoms with Gasteiger partial charge in [-0.15, -0.1) is 0 Å². The van der Waals surface area contributed by atoms with Crippen molar-refractivity contribution in [1.82, 2.24) is 9.80 Å². The van der Waals surface area contributed by atoms with Crippen molar-refractivity contribution in [3.05, 3.63) is 35.4 Å². The zero-order valence-electron chi connectivity index (χ0n) is 13.8. The molecule has 0 spiro atoms. The Balaban J connectivity index is 1.98. The fourth-order valence-corrected chi connectivity index (χ4v) is 2.77. The van der Waals surface area contributed by atoms with Crippen molar-refractivity contribution in [2.75, 3.05) is 20.1 Å². The number of carbonyl (C=O) groups is 2. The molecule has 1 aliphatic rings. The van der Waals surface area contributed by atoms with Crippen molar-refractivity contribution in [3.63, 3.8) is 0 Å². The van der Waals surface area contributed by atoms with Gasteiger partial charge in [-0.3, -0.25) is 9.59 Å². The van der Waals surface area contributed by atoms with Crippen molar-refractivity contribution >= 4 is 11.8 Å². The zero-order chi connectivity index (χ0) is 16.1. The molecule has 2 amide bonds. The number of benzene rings is 1. The molecular formula is C18H26N2O2. The molecule has 0 aromatic heterocycles. The van der Waals surface area contributed by atoms with E-state index >= 15 is 0 Å². The van der Waals surface area contributed by atoms with Crippen molar-refractivity contribution < 1.29 is 9.59 Å². The molecule has 22 heavy (non-hydrogen) atoms. The Kier molecular flexibility index (Phi) is 5.58. The van der Waals surface area contributed by atoms with Crippen LogP contribution >= 0.6 is 0 Å². The Morgan fingerprint density at radius 1 is 1.23 bits per heavy atom. The van der Waals surface area contributed by atoms with Gasteiger partial charge >= 0.3 is 0 Å². The minimum Gasteiger partial charge on any atom is -0.337 e. The third-order valence-corrected chi connectivity index (χ3v) is 4.53. The van der Waals surface area contributed by atoms with Crippen LogP contribution in [-0.2, 0) is 9.59 Å². The quantitative estimate of drug-likeness (QED) is 0.858. The first-order valence-corrected chi connectivity index (χ1v) is 8.09. The molecule has 0 radical (unpaired) electrons. The largest absolute Gasteiger partial charge is 0.337 e. The Morgan fingerprint density at radius 3 is 2.59 bits per heavy atom. The van der Waals surface area contributed by atoms with Gasteiger partial charge in [0, 0.05) is 20.0 Å². The minimum atomic E-state index is 0.00308. The summed E-state index contributed by atoms with van der Waals surface area (Å²) in [6, 6.07) is 8.24. The first-order chi connectivity index (χ1) is 10.5. The first kappa shape index (κ1) is 16.5. The van der Waals surface area contributed by atoms with E-state index in [-0.39, 0.29) is 24.4 Å². The van der Waals surface area contributed by atoms with E-state index in [2.05, 4.69) is 24.3 Å². The number of aryl methyl sites for hydroxylation is 1. The maximum absolute atomic E-state index is 12.5. The molecule has 0 N–H and O–H groups in total. The van der Waals surface area contributed by atoms with Gasteiger partial charge in [0.1, 0.15) is 0 Å². The van der Waals surface area contributed by atoms with Crippen LogP contribution in [0.5, 0.6) is 0 Å². The van der Waals surface area contributed by atoms with Gasteiger partial charge in [-0.1, -0.05) is 36.2 Å². The lowest BCUT2D eigenvalue weighted by atomic mass is 10.1. The summed E-state index contributed by atoms with van der Waals surface area (Å²) >= 11 is 0. The number of likely N-dealkylation sites (tertiary alicyclic amines) is 1. The maximum atomic E-state index is 12.5. The highest BCUT2D eigenvalue weighted by molar-refractivity contribution is 5.85. The van der Waals surface area contributed by atoms with Crippen LogP contribution in [0.2, 0.25) is 0 Å². The highest BCUT2D eigenvalue weighted by atomic mass is 16.2. The van der Waals surface area contributed by atoms with E-state index < -0.39 is 0 Å². The molecule has 2 rings (SSSR count). The van der Waals surface area contributed by atoms with Crippen LogP contribution in [0.4, 0.5) is 0 Å². The second kappa shape index (κ2) is 7.43. The normalized spacial score (nSPS) is 17.0. The van der Waals surface area contributed by atoms with E-state index in [1.165, 1.54) is 5.56 Å². The molecule has 4 heteroatoms. The molecule has 1 aliphatic heterocycles. The first-order valence-electron chi connectivity index (χ1n) is 8.09. The number of likely N-dealkylation sites (N-methyl/N-ethyl adjacent to an activating group) is 1. The van der Waals surface area contributed by atoms with Gasteiger partial charge in [-0.25, -0.2) is 0 Å². The van der Waals surface area contributed by atoms with E-state index in [1.807, 2.05) is 20.9 Å². The van der Waals surface area contributed by atoms with Gasteiger partial charge in [0.25, 0.3) is 0 Å². The summed E-state index contributed by atoms with van der Waals surface area (Å²) in [5.41, 5.74) is 2.32. The fraction of sp³-hybridized carbons (Fsp3) is 0.556. The van der Waals surface area contributed by atoms with Crippen LogP contribution in [0.25, 0.3) is 0 Å². The maximum Gasteiger partial charge on any atom is 0.242 e. The Labute approximate surface area is 133 Å². The predicted octanol–water partition coefficient (Wildman–Crippen LogP) is 2.92. The molecule has 1 unspecified atom stereocenters. The predicted molar refractivity (Wildman–Crippen MR) is 87.4 cm³/mol. The van der Waals surface area contributed by atoms with Gasteiger partial charge in [0.2, 0.25) is 11.8 Å². The summed E-state index contributed by atoms with van der Waals surface area (Å²) in [6.45, 7) is 4.98. The molecule has 1 fully saturated rings. The average Bonchev–Trinajstić information content (AvgIpc) is 2.71. The van der Waals surface area contributed by atoms with Crippen LogP contribution in [0.15, 0.2) is 24.3 Å². The topological polar surface area (TPSA) is 40.6 Å². The Bertz CT molecular complexity index is 524. The van der Waals surface area contributed by atoms with E-state index in [4.69, 9.17) is 0 Å². The number of hydrogen-bond acceptors (Lipinski definition) is 2. The lowest BCUT2D eigenvalue weighted by molar-refractivity contribution is -0.140. The van der Waals surface area contributed by atoms with Crippen LogP contribution in [-0.4, -0.2) is 41.8 Å². The van der Waals surface area contributed by atoms with Gasteiger partial charge in [0.05, 0.1) is 12.6 Å². The number of carbonyl (C=O) groups excluding carboxylic acids is 2. The van der Waals surface area contributed by atoms with E-state index in [9.17, 15) is 9.59 Å². The lowest BCUT2D eigenvalue weighted by Crippen LogP contribution is -2.42. The van der Waals surface area contributed by atoms with Crippen molar-refractivity contribution in [3.8, 4) is 0 Å². The van der Waals surface area contributed by atoms with E-state index in [0.29, 0.717) is 13.0 Å². The average molecular weight is 302 g/mol. The molecule has 1 atom stereocenters. The zero-order valence-corrected chi connectivity index (χ0v) is 13.8. The molecule has 0 aliphatic carbocycles. The lowest BCUT2D eigenvalue weighted by Gasteiger charge is -2.28. The Hall–Kier alpha value is -1.84. The van der Waals surface area contributed by atoms with Gasteiger partial charge in [-0.05, 0) is 32.3 Å². The molecule has 1 aromatic carbocycles. The second-order valence-corrected chi connectivity index (χ2v) is 6.22. The number of hydrogen-bond donors (Lipinski definition) is 0. The van der Waals surface area contributed by atoms with Gasteiger partial charge < -0.3 is 9.80 Å². The molecule has 0 saturated carbocycles. The molecule has 1 saturated heterocycles. The van der Waals surface area contributed by atoms with E-state index in [1.54, 1.807) is 9.80 Å². The summed E-state index contributed by atoms with van der Waals surface area (Å²) < 4.78 is 0. The third kappa shape index (κ3) is 4.09. The smallest absolute Gasteiger partial charge is 0.242 e. The van der Waals surface area contributed by atoms with Crippen molar-refractivity contribution in [2.24, 2.45) is 0 Å². The summed E-state index contributed by atoms with van der Waals surface area (Å²) in [5, 5.41) is 0. The minimum absolute atomic E-state index is 0.00308. The highest BCUT2D eigenvalue weighted by Crippen LogP contribution is 2.20. The Morgan fingerprint density at radius 2 is 1.91 bits per heavy atom. The summed E-state index contributed by atoms with van der Waals surface area (Å²) in [5.74, 6) is 0.116.